The first kappa shape index (κ1) is 12.6. The maximum atomic E-state index is 11.7. The molecule has 0 fully saturated rings. The molecule has 2 heterocycles. The Morgan fingerprint density at radius 2 is 2.00 bits per heavy atom. The first-order valence-electron chi connectivity index (χ1n) is 6.52. The molecule has 0 spiro atoms. The summed E-state index contributed by atoms with van der Waals surface area (Å²) in [4.78, 5) is 15.7. The van der Waals surface area contributed by atoms with Crippen molar-refractivity contribution >= 4 is 11.6 Å². The molecule has 0 radical (unpaired) electrons. The van der Waals surface area contributed by atoms with Gasteiger partial charge >= 0.3 is 0 Å². The van der Waals surface area contributed by atoms with Crippen LogP contribution in [0.2, 0.25) is 0 Å². The molecular formula is C15H16N4O. The second kappa shape index (κ2) is 4.59. The van der Waals surface area contributed by atoms with Crippen molar-refractivity contribution in [3.63, 3.8) is 0 Å². The zero-order valence-electron chi connectivity index (χ0n) is 11.5. The van der Waals surface area contributed by atoms with Gasteiger partial charge in [0.1, 0.15) is 0 Å². The fraction of sp³-hybridized carbons (Fsp3) is 0.267. The lowest BCUT2D eigenvalue weighted by atomic mass is 9.83. The number of amides is 1. The lowest BCUT2D eigenvalue weighted by molar-refractivity contribution is -0.129. The number of rotatable bonds is 2. The predicted octanol–water partition coefficient (Wildman–Crippen LogP) is 2.12. The number of nitrogens with zero attached hydrogens (tertiary/aromatic N) is 3. The van der Waals surface area contributed by atoms with Crippen LogP contribution in [0, 0.1) is 5.41 Å². The first-order chi connectivity index (χ1) is 9.56. The molecule has 1 aromatic carbocycles. The third-order valence-corrected chi connectivity index (χ3v) is 3.52. The van der Waals surface area contributed by atoms with Crippen molar-refractivity contribution in [2.45, 2.75) is 20.3 Å². The van der Waals surface area contributed by atoms with Gasteiger partial charge < -0.3 is 4.57 Å². The van der Waals surface area contributed by atoms with Crippen molar-refractivity contribution in [3.05, 3.63) is 48.5 Å². The number of nitrogens with one attached hydrogen (secondary N) is 1. The Bertz CT molecular complexity index is 654. The molecule has 0 bridgehead atoms. The van der Waals surface area contributed by atoms with Crippen LogP contribution >= 0.6 is 0 Å². The van der Waals surface area contributed by atoms with Gasteiger partial charge in [0.05, 0.1) is 17.5 Å². The number of hydrogen-bond acceptors (Lipinski definition) is 3. The van der Waals surface area contributed by atoms with Crippen LogP contribution in [0.4, 0.5) is 0 Å². The summed E-state index contributed by atoms with van der Waals surface area (Å²) in [5.41, 5.74) is 5.17. The summed E-state index contributed by atoms with van der Waals surface area (Å²) < 4.78 is 1.94. The molecule has 1 aromatic heterocycles. The highest BCUT2D eigenvalue weighted by molar-refractivity contribution is 6.05. The van der Waals surface area contributed by atoms with E-state index in [2.05, 4.69) is 15.5 Å². The molecule has 1 aliphatic heterocycles. The molecule has 1 N–H and O–H groups in total. The van der Waals surface area contributed by atoms with E-state index in [0.29, 0.717) is 6.42 Å². The number of imidazole rings is 1. The lowest BCUT2D eigenvalue weighted by Crippen LogP contribution is -2.40. The maximum absolute atomic E-state index is 11.7. The molecule has 5 nitrogen and oxygen atoms in total. The Balaban J connectivity index is 1.87. The summed E-state index contributed by atoms with van der Waals surface area (Å²) in [7, 11) is 0. The Morgan fingerprint density at radius 3 is 2.60 bits per heavy atom. The van der Waals surface area contributed by atoms with E-state index in [4.69, 9.17) is 0 Å². The highest BCUT2D eigenvalue weighted by atomic mass is 16.2. The van der Waals surface area contributed by atoms with E-state index in [1.54, 1.807) is 12.5 Å². The molecule has 3 rings (SSSR count). The smallest absolute Gasteiger partial charge is 0.246 e. The Kier molecular flexibility index (Phi) is 2.89. The number of aromatic nitrogens is 2. The third kappa shape index (κ3) is 2.22. The fourth-order valence-electron chi connectivity index (χ4n) is 2.21. The van der Waals surface area contributed by atoms with Gasteiger partial charge in [-0.15, -0.1) is 0 Å². The van der Waals surface area contributed by atoms with Gasteiger partial charge in [-0.25, -0.2) is 10.4 Å². The van der Waals surface area contributed by atoms with Crippen LogP contribution < -0.4 is 5.43 Å². The summed E-state index contributed by atoms with van der Waals surface area (Å²) in [6, 6.07) is 8.06. The first-order valence-corrected chi connectivity index (χ1v) is 6.52. The van der Waals surface area contributed by atoms with Gasteiger partial charge in [0.25, 0.3) is 0 Å². The van der Waals surface area contributed by atoms with Crippen LogP contribution in [0.5, 0.6) is 0 Å². The summed E-state index contributed by atoms with van der Waals surface area (Å²) in [5, 5.41) is 4.17. The minimum atomic E-state index is -0.417. The zero-order valence-corrected chi connectivity index (χ0v) is 11.5. The SMILES string of the molecule is CC1(C)CC(c2ccc(-n3ccnc3)cc2)=NNC1=O. The van der Waals surface area contributed by atoms with Gasteiger partial charge in [0, 0.05) is 24.5 Å². The predicted molar refractivity (Wildman–Crippen MR) is 76.6 cm³/mol. The highest BCUT2D eigenvalue weighted by Gasteiger charge is 2.33. The molecule has 1 aliphatic rings. The number of benzene rings is 1. The van der Waals surface area contributed by atoms with Crippen LogP contribution in [0.15, 0.2) is 48.1 Å². The van der Waals surface area contributed by atoms with E-state index in [9.17, 15) is 4.79 Å². The number of hydrogen-bond donors (Lipinski definition) is 1. The van der Waals surface area contributed by atoms with Crippen LogP contribution in [-0.4, -0.2) is 21.2 Å². The molecule has 0 saturated carbocycles. The van der Waals surface area contributed by atoms with Crippen molar-refractivity contribution in [2.75, 3.05) is 0 Å². The quantitative estimate of drug-likeness (QED) is 0.907. The Morgan fingerprint density at radius 1 is 1.25 bits per heavy atom. The number of hydrazone groups is 1. The van der Waals surface area contributed by atoms with Gasteiger partial charge in [-0.3, -0.25) is 4.79 Å². The van der Waals surface area contributed by atoms with E-state index >= 15 is 0 Å². The van der Waals surface area contributed by atoms with Crippen molar-refractivity contribution in [2.24, 2.45) is 10.5 Å². The van der Waals surface area contributed by atoms with Crippen LogP contribution in [0.3, 0.4) is 0 Å². The molecule has 0 saturated heterocycles. The molecule has 1 amide bonds. The average Bonchev–Trinajstić information content (AvgIpc) is 2.96. The lowest BCUT2D eigenvalue weighted by Gasteiger charge is -2.27. The molecular weight excluding hydrogens is 252 g/mol. The standard InChI is InChI=1S/C15H16N4O/c1-15(2)9-13(17-18-14(15)20)11-3-5-12(6-4-11)19-8-7-16-10-19/h3-8,10H,9H2,1-2H3,(H,18,20). The van der Waals surface area contributed by atoms with E-state index in [1.807, 2.05) is 48.9 Å². The Hall–Kier alpha value is -2.43. The Labute approximate surface area is 117 Å². The zero-order chi connectivity index (χ0) is 14.2. The maximum Gasteiger partial charge on any atom is 0.246 e. The van der Waals surface area contributed by atoms with Gasteiger partial charge in [0.15, 0.2) is 0 Å². The van der Waals surface area contributed by atoms with E-state index in [-0.39, 0.29) is 5.91 Å². The summed E-state index contributed by atoms with van der Waals surface area (Å²) in [5.74, 6) is -0.0312. The normalized spacial score (nSPS) is 17.5. The third-order valence-electron chi connectivity index (χ3n) is 3.52. The van der Waals surface area contributed by atoms with Gasteiger partial charge in [-0.1, -0.05) is 26.0 Å². The molecule has 0 aliphatic carbocycles. The monoisotopic (exact) mass is 268 g/mol. The molecule has 0 atom stereocenters. The molecule has 20 heavy (non-hydrogen) atoms. The molecule has 102 valence electrons. The second-order valence-electron chi connectivity index (χ2n) is 5.58. The van der Waals surface area contributed by atoms with Crippen molar-refractivity contribution in [1.82, 2.24) is 15.0 Å². The van der Waals surface area contributed by atoms with Crippen molar-refractivity contribution in [1.29, 1.82) is 0 Å². The minimum absolute atomic E-state index is 0.0312. The average molecular weight is 268 g/mol. The van der Waals surface area contributed by atoms with Crippen molar-refractivity contribution in [3.8, 4) is 5.69 Å². The van der Waals surface area contributed by atoms with Crippen LogP contribution in [0.1, 0.15) is 25.8 Å². The number of carbonyl (C=O) groups is 1. The highest BCUT2D eigenvalue weighted by Crippen LogP contribution is 2.26. The fourth-order valence-corrected chi connectivity index (χ4v) is 2.21. The van der Waals surface area contributed by atoms with Gasteiger partial charge in [-0.2, -0.15) is 5.10 Å². The summed E-state index contributed by atoms with van der Waals surface area (Å²) in [6.07, 6.45) is 6.05. The van der Waals surface area contributed by atoms with E-state index in [0.717, 1.165) is 17.0 Å². The minimum Gasteiger partial charge on any atom is -0.306 e. The van der Waals surface area contributed by atoms with Crippen LogP contribution in [-0.2, 0) is 4.79 Å². The topological polar surface area (TPSA) is 59.3 Å². The molecule has 0 unspecified atom stereocenters. The van der Waals surface area contributed by atoms with E-state index < -0.39 is 5.41 Å². The van der Waals surface area contributed by atoms with Gasteiger partial charge in [0.2, 0.25) is 5.91 Å². The molecule has 5 heteroatoms. The van der Waals surface area contributed by atoms with E-state index in [1.165, 1.54) is 0 Å². The van der Waals surface area contributed by atoms with Crippen molar-refractivity contribution < 1.29 is 4.79 Å². The summed E-state index contributed by atoms with van der Waals surface area (Å²) >= 11 is 0. The van der Waals surface area contributed by atoms with Gasteiger partial charge in [-0.05, 0) is 17.7 Å². The summed E-state index contributed by atoms with van der Waals surface area (Å²) in [6.45, 7) is 3.85. The second-order valence-corrected chi connectivity index (χ2v) is 5.58. The van der Waals surface area contributed by atoms with Crippen LogP contribution in [0.25, 0.3) is 5.69 Å². The molecule has 2 aromatic rings. The largest absolute Gasteiger partial charge is 0.306 e. The number of carbonyl (C=O) groups excluding carboxylic acids is 1.